The predicted octanol–water partition coefficient (Wildman–Crippen LogP) is 1.86. The Bertz CT molecular complexity index is 601. The van der Waals surface area contributed by atoms with Crippen LogP contribution in [0.2, 0.25) is 0 Å². The van der Waals surface area contributed by atoms with Crippen LogP contribution < -0.4 is 5.73 Å². The number of carbonyl (C=O) groups is 1. The maximum atomic E-state index is 11.8. The molecule has 0 saturated carbocycles. The molecule has 0 fully saturated rings. The molecular formula is C11H12N2O3S2. The van der Waals surface area contributed by atoms with Gasteiger partial charge in [-0.2, -0.15) is 0 Å². The van der Waals surface area contributed by atoms with Crippen molar-refractivity contribution >= 4 is 28.4 Å². The fraction of sp³-hybridized carbons (Fsp3) is 0.273. The van der Waals surface area contributed by atoms with Crippen LogP contribution in [0.3, 0.4) is 0 Å². The Kier molecular flexibility index (Phi) is 3.47. The fourth-order valence-corrected chi connectivity index (χ4v) is 3.86. The maximum Gasteiger partial charge on any atom is 0.259 e. The number of carbonyl (C=O) groups excluding carboxylic acids is 1. The molecule has 1 unspecified atom stereocenters. The van der Waals surface area contributed by atoms with Crippen LogP contribution in [0.5, 0.6) is 0 Å². The minimum absolute atomic E-state index is 0.408. The summed E-state index contributed by atoms with van der Waals surface area (Å²) < 4.78 is 17.5. The molecule has 1 atom stereocenters. The van der Waals surface area contributed by atoms with E-state index < -0.39 is 17.1 Å². The number of hydrogen-bond donors (Lipinski definition) is 1. The predicted molar refractivity (Wildman–Crippen MR) is 70.1 cm³/mol. The molecule has 0 radical (unpaired) electrons. The van der Waals surface area contributed by atoms with E-state index in [2.05, 4.69) is 5.16 Å². The van der Waals surface area contributed by atoms with Gasteiger partial charge in [-0.3, -0.25) is 4.79 Å². The van der Waals surface area contributed by atoms with Gasteiger partial charge in [-0.1, -0.05) is 16.5 Å². The molecule has 7 heteroatoms. The third kappa shape index (κ3) is 2.05. The SMILES string of the molecule is Cc1cnoc1-c1c([S+](C)[O-])sc(C(N)=O)c1C. The molecular weight excluding hydrogens is 272 g/mol. The number of aryl methyl sites for hydroxylation is 1. The van der Waals surface area contributed by atoms with Gasteiger partial charge in [0.2, 0.25) is 4.21 Å². The molecule has 5 nitrogen and oxygen atoms in total. The Morgan fingerprint density at radius 1 is 1.56 bits per heavy atom. The van der Waals surface area contributed by atoms with Gasteiger partial charge < -0.3 is 14.8 Å². The third-order valence-electron chi connectivity index (χ3n) is 2.57. The number of hydrogen-bond acceptors (Lipinski definition) is 5. The maximum absolute atomic E-state index is 11.8. The number of aromatic nitrogens is 1. The molecule has 0 bridgehead atoms. The van der Waals surface area contributed by atoms with E-state index in [1.807, 2.05) is 6.92 Å². The number of amides is 1. The zero-order chi connectivity index (χ0) is 13.4. The summed E-state index contributed by atoms with van der Waals surface area (Å²) in [6, 6.07) is 0. The van der Waals surface area contributed by atoms with Crippen LogP contribution in [-0.2, 0) is 11.2 Å². The summed E-state index contributed by atoms with van der Waals surface area (Å²) >= 11 is -0.0696. The van der Waals surface area contributed by atoms with E-state index in [1.165, 1.54) is 0 Å². The molecule has 0 aliphatic heterocycles. The molecule has 2 aromatic rings. The largest absolute Gasteiger partial charge is 0.611 e. The van der Waals surface area contributed by atoms with Gasteiger partial charge in [0.05, 0.1) is 11.8 Å². The lowest BCUT2D eigenvalue weighted by Crippen LogP contribution is -2.10. The second-order valence-corrected chi connectivity index (χ2v) is 6.47. The molecule has 0 aliphatic rings. The Labute approximate surface area is 111 Å². The van der Waals surface area contributed by atoms with Crippen molar-refractivity contribution in [2.24, 2.45) is 5.73 Å². The summed E-state index contributed by atoms with van der Waals surface area (Å²) in [5.74, 6) is 0.0223. The van der Waals surface area contributed by atoms with Gasteiger partial charge in [0.15, 0.2) is 5.76 Å². The molecule has 2 aromatic heterocycles. The van der Waals surface area contributed by atoms with Crippen molar-refractivity contribution in [1.82, 2.24) is 5.16 Å². The number of thiophene rings is 1. The van der Waals surface area contributed by atoms with Crippen LogP contribution in [0.4, 0.5) is 0 Å². The van der Waals surface area contributed by atoms with Crippen LogP contribution in [-0.4, -0.2) is 21.9 Å². The van der Waals surface area contributed by atoms with Crippen LogP contribution >= 0.6 is 11.3 Å². The standard InChI is InChI=1S/C11H12N2O3S2/c1-5-4-13-16-8(5)7-6(2)9(10(12)14)17-11(7)18(3)15/h4H,1-3H3,(H2,12,14). The van der Waals surface area contributed by atoms with Crippen molar-refractivity contribution in [3.8, 4) is 11.3 Å². The molecule has 0 aliphatic carbocycles. The summed E-state index contributed by atoms with van der Waals surface area (Å²) in [5, 5.41) is 3.71. The molecule has 96 valence electrons. The van der Waals surface area contributed by atoms with E-state index in [0.29, 0.717) is 26.0 Å². The van der Waals surface area contributed by atoms with Gasteiger partial charge in [-0.15, -0.1) is 0 Å². The van der Waals surface area contributed by atoms with Crippen LogP contribution in [0.1, 0.15) is 20.8 Å². The van der Waals surface area contributed by atoms with Crippen LogP contribution in [0.15, 0.2) is 14.9 Å². The number of primary amides is 1. The van der Waals surface area contributed by atoms with Gasteiger partial charge >= 0.3 is 0 Å². The smallest absolute Gasteiger partial charge is 0.259 e. The van der Waals surface area contributed by atoms with Crippen molar-refractivity contribution in [2.75, 3.05) is 6.26 Å². The quantitative estimate of drug-likeness (QED) is 0.871. The minimum atomic E-state index is -1.22. The normalized spacial score (nSPS) is 12.7. The van der Waals surface area contributed by atoms with Gasteiger partial charge in [-0.25, -0.2) is 0 Å². The lowest BCUT2D eigenvalue weighted by atomic mass is 10.1. The molecule has 1 amide bonds. The molecule has 0 aromatic carbocycles. The highest BCUT2D eigenvalue weighted by molar-refractivity contribution is 7.93. The van der Waals surface area contributed by atoms with E-state index in [0.717, 1.165) is 16.9 Å². The highest BCUT2D eigenvalue weighted by atomic mass is 32.2. The monoisotopic (exact) mass is 284 g/mol. The van der Waals surface area contributed by atoms with Crippen LogP contribution in [0, 0.1) is 13.8 Å². The topological polar surface area (TPSA) is 92.2 Å². The molecule has 2 rings (SSSR count). The van der Waals surface area contributed by atoms with E-state index in [-0.39, 0.29) is 0 Å². The summed E-state index contributed by atoms with van der Waals surface area (Å²) in [4.78, 5) is 11.8. The first-order valence-corrected chi connectivity index (χ1v) is 7.49. The zero-order valence-corrected chi connectivity index (χ0v) is 11.8. The van der Waals surface area contributed by atoms with Gasteiger partial charge in [-0.05, 0) is 30.6 Å². The molecule has 0 spiro atoms. The van der Waals surface area contributed by atoms with Crippen LogP contribution in [0.25, 0.3) is 11.3 Å². The highest BCUT2D eigenvalue weighted by Gasteiger charge is 2.28. The van der Waals surface area contributed by atoms with Crippen molar-refractivity contribution in [3.05, 3.63) is 22.2 Å². The third-order valence-corrected chi connectivity index (χ3v) is 5.36. The van der Waals surface area contributed by atoms with Gasteiger partial charge in [0, 0.05) is 5.56 Å². The zero-order valence-electron chi connectivity index (χ0n) is 10.1. The van der Waals surface area contributed by atoms with Crippen molar-refractivity contribution in [2.45, 2.75) is 18.1 Å². The first kappa shape index (κ1) is 13.1. The second kappa shape index (κ2) is 4.75. The Morgan fingerprint density at radius 2 is 2.22 bits per heavy atom. The first-order chi connectivity index (χ1) is 8.43. The number of nitrogens with zero attached hydrogens (tertiary/aromatic N) is 1. The second-order valence-electron chi connectivity index (χ2n) is 3.87. The first-order valence-electron chi connectivity index (χ1n) is 5.11. The number of nitrogens with two attached hydrogens (primary N) is 1. The van der Waals surface area contributed by atoms with Crippen molar-refractivity contribution in [3.63, 3.8) is 0 Å². The number of rotatable bonds is 3. The van der Waals surface area contributed by atoms with E-state index >= 15 is 0 Å². The molecule has 2 heterocycles. The summed E-state index contributed by atoms with van der Waals surface area (Å²) in [6.07, 6.45) is 3.14. The van der Waals surface area contributed by atoms with Crippen molar-refractivity contribution in [1.29, 1.82) is 0 Å². The molecule has 2 N–H and O–H groups in total. The minimum Gasteiger partial charge on any atom is -0.611 e. The Morgan fingerprint density at radius 3 is 2.67 bits per heavy atom. The Hall–Kier alpha value is -1.31. The lowest BCUT2D eigenvalue weighted by molar-refractivity contribution is 0.100. The van der Waals surface area contributed by atoms with E-state index in [4.69, 9.17) is 10.3 Å². The summed E-state index contributed by atoms with van der Waals surface area (Å²) in [6.45, 7) is 3.61. The average Bonchev–Trinajstić information content (AvgIpc) is 2.82. The van der Waals surface area contributed by atoms with Crippen molar-refractivity contribution < 1.29 is 13.9 Å². The molecule has 18 heavy (non-hydrogen) atoms. The van der Waals surface area contributed by atoms with Gasteiger partial charge in [0.1, 0.15) is 11.1 Å². The van der Waals surface area contributed by atoms with E-state index in [9.17, 15) is 9.35 Å². The average molecular weight is 284 g/mol. The van der Waals surface area contributed by atoms with E-state index in [1.54, 1.807) is 19.4 Å². The van der Waals surface area contributed by atoms with Gasteiger partial charge in [0.25, 0.3) is 5.91 Å². The lowest BCUT2D eigenvalue weighted by Gasteiger charge is -2.04. The summed E-state index contributed by atoms with van der Waals surface area (Å²) in [5.41, 5.74) is 7.51. The molecule has 0 saturated heterocycles. The Balaban J connectivity index is 2.72. The summed E-state index contributed by atoms with van der Waals surface area (Å²) in [7, 11) is 0. The fourth-order valence-electron chi connectivity index (χ4n) is 1.72. The highest BCUT2D eigenvalue weighted by Crippen LogP contribution is 2.40.